The summed E-state index contributed by atoms with van der Waals surface area (Å²) in [6.45, 7) is 4.09. The Morgan fingerprint density at radius 1 is 1.20 bits per heavy atom. The smallest absolute Gasteiger partial charge is 0.261 e. The maximum Gasteiger partial charge on any atom is 0.261 e. The zero-order valence-corrected chi connectivity index (χ0v) is 19.0. The molecule has 0 radical (unpaired) electrons. The van der Waals surface area contributed by atoms with Gasteiger partial charge in [-0.25, -0.2) is 9.37 Å². The quantitative estimate of drug-likeness (QED) is 0.497. The Morgan fingerprint density at radius 2 is 1.97 bits per heavy atom. The van der Waals surface area contributed by atoms with Crippen LogP contribution >= 0.6 is 46.9 Å². The van der Waals surface area contributed by atoms with Crippen molar-refractivity contribution in [3.05, 3.63) is 57.8 Å². The average molecular weight is 491 g/mol. The van der Waals surface area contributed by atoms with E-state index in [0.717, 1.165) is 29.4 Å². The number of halogens is 4. The number of hydrogen-bond donors (Lipinski definition) is 0. The fourth-order valence-electron chi connectivity index (χ4n) is 3.16. The molecule has 1 aromatic heterocycles. The number of anilines is 1. The number of amides is 1. The van der Waals surface area contributed by atoms with E-state index >= 15 is 0 Å². The van der Waals surface area contributed by atoms with Gasteiger partial charge in [-0.15, -0.1) is 12.4 Å². The van der Waals surface area contributed by atoms with E-state index in [1.54, 1.807) is 11.0 Å². The van der Waals surface area contributed by atoms with Crippen LogP contribution in [0.4, 0.5) is 9.52 Å². The fraction of sp³-hybridized carbons (Fsp3) is 0.300. The molecule has 3 aromatic rings. The molecule has 1 aliphatic heterocycles. The molecule has 2 aromatic carbocycles. The number of carbonyl (C=O) groups excluding carboxylic acids is 1. The molecule has 5 nitrogen and oxygen atoms in total. The van der Waals surface area contributed by atoms with Gasteiger partial charge in [-0.05, 0) is 36.4 Å². The van der Waals surface area contributed by atoms with Crippen LogP contribution in [0.1, 0.15) is 10.4 Å². The van der Waals surface area contributed by atoms with Crippen LogP contribution in [0.2, 0.25) is 10.0 Å². The number of morpholine rings is 1. The molecule has 30 heavy (non-hydrogen) atoms. The second-order valence-electron chi connectivity index (χ2n) is 6.64. The molecule has 0 saturated carbocycles. The zero-order valence-electron chi connectivity index (χ0n) is 15.8. The minimum absolute atomic E-state index is 0. The topological polar surface area (TPSA) is 45.7 Å². The summed E-state index contributed by atoms with van der Waals surface area (Å²) in [4.78, 5) is 21.8. The Morgan fingerprint density at radius 3 is 2.70 bits per heavy atom. The monoisotopic (exact) mass is 489 g/mol. The fourth-order valence-corrected chi connectivity index (χ4v) is 4.67. The lowest BCUT2D eigenvalue weighted by molar-refractivity contribution is 0.0391. The highest BCUT2D eigenvalue weighted by atomic mass is 35.5. The van der Waals surface area contributed by atoms with Crippen LogP contribution in [-0.4, -0.2) is 55.2 Å². The summed E-state index contributed by atoms with van der Waals surface area (Å²) < 4.78 is 19.7. The van der Waals surface area contributed by atoms with Crippen molar-refractivity contribution in [2.75, 3.05) is 44.3 Å². The summed E-state index contributed by atoms with van der Waals surface area (Å²) >= 11 is 13.6. The highest BCUT2D eigenvalue weighted by molar-refractivity contribution is 7.22. The standard InChI is InChI=1S/C20H18Cl2FN3O2S.ClH/c21-13-1-4-17-18(11-13)29-20(24-17)26(6-5-25-7-9-28-10-8-25)19(27)15-3-2-14(23)12-16(15)22;/h1-4,11-12H,5-10H2;1H. The Bertz CT molecular complexity index is 1040. The van der Waals surface area contributed by atoms with Crippen LogP contribution in [0.25, 0.3) is 10.2 Å². The van der Waals surface area contributed by atoms with E-state index in [9.17, 15) is 9.18 Å². The van der Waals surface area contributed by atoms with Crippen molar-refractivity contribution in [3.63, 3.8) is 0 Å². The molecule has 1 amide bonds. The highest BCUT2D eigenvalue weighted by Gasteiger charge is 2.24. The van der Waals surface area contributed by atoms with Crippen molar-refractivity contribution in [2.24, 2.45) is 0 Å². The largest absolute Gasteiger partial charge is 0.379 e. The van der Waals surface area contributed by atoms with Gasteiger partial charge in [0.2, 0.25) is 0 Å². The molecule has 2 heterocycles. The van der Waals surface area contributed by atoms with Gasteiger partial charge in [0.25, 0.3) is 5.91 Å². The first-order valence-corrected chi connectivity index (χ1v) is 10.7. The van der Waals surface area contributed by atoms with Crippen LogP contribution in [0.5, 0.6) is 0 Å². The summed E-state index contributed by atoms with van der Waals surface area (Å²) in [6, 6.07) is 9.21. The van der Waals surface area contributed by atoms with Crippen molar-refractivity contribution >= 4 is 68.2 Å². The number of aromatic nitrogens is 1. The maximum atomic E-state index is 13.5. The number of hydrogen-bond acceptors (Lipinski definition) is 5. The van der Waals surface area contributed by atoms with Crippen LogP contribution in [0.15, 0.2) is 36.4 Å². The van der Waals surface area contributed by atoms with Crippen LogP contribution < -0.4 is 4.90 Å². The molecule has 0 spiro atoms. The van der Waals surface area contributed by atoms with Crippen molar-refractivity contribution in [3.8, 4) is 0 Å². The zero-order chi connectivity index (χ0) is 20.4. The van der Waals surface area contributed by atoms with Gasteiger partial charge in [0.15, 0.2) is 5.13 Å². The normalized spacial score (nSPS) is 14.5. The Hall–Kier alpha value is -1.48. The molecule has 4 rings (SSSR count). The average Bonchev–Trinajstić information content (AvgIpc) is 3.11. The first kappa shape index (κ1) is 23.2. The lowest BCUT2D eigenvalue weighted by Crippen LogP contribution is -2.43. The SMILES string of the molecule is Cl.O=C(c1ccc(F)cc1Cl)N(CCN1CCOCC1)c1nc2ccc(Cl)cc2s1. The van der Waals surface area contributed by atoms with Gasteiger partial charge in [-0.3, -0.25) is 14.6 Å². The molecule has 0 N–H and O–H groups in total. The van der Waals surface area contributed by atoms with E-state index in [4.69, 9.17) is 27.9 Å². The van der Waals surface area contributed by atoms with Gasteiger partial charge < -0.3 is 4.74 Å². The lowest BCUT2D eigenvalue weighted by atomic mass is 10.2. The summed E-state index contributed by atoms with van der Waals surface area (Å²) in [7, 11) is 0. The van der Waals surface area contributed by atoms with E-state index < -0.39 is 5.82 Å². The molecule has 160 valence electrons. The first-order valence-electron chi connectivity index (χ1n) is 9.14. The van der Waals surface area contributed by atoms with Crippen molar-refractivity contribution in [1.82, 2.24) is 9.88 Å². The van der Waals surface area contributed by atoms with E-state index in [2.05, 4.69) is 9.88 Å². The van der Waals surface area contributed by atoms with Crippen LogP contribution in [0.3, 0.4) is 0 Å². The molecule has 0 unspecified atom stereocenters. The molecule has 10 heteroatoms. The Balaban J connectivity index is 0.00000256. The number of fused-ring (bicyclic) bond motifs is 1. The predicted octanol–water partition coefficient (Wildman–Crippen LogP) is 5.14. The number of thiazole rings is 1. The van der Waals surface area contributed by atoms with E-state index in [0.29, 0.717) is 36.5 Å². The minimum atomic E-state index is -0.485. The Labute approximate surface area is 193 Å². The predicted molar refractivity (Wildman–Crippen MR) is 122 cm³/mol. The minimum Gasteiger partial charge on any atom is -0.379 e. The van der Waals surface area contributed by atoms with Gasteiger partial charge in [0, 0.05) is 31.2 Å². The van der Waals surface area contributed by atoms with Crippen molar-refractivity contribution in [1.29, 1.82) is 0 Å². The second kappa shape index (κ2) is 10.2. The van der Waals surface area contributed by atoms with Gasteiger partial charge in [-0.1, -0.05) is 34.5 Å². The van der Waals surface area contributed by atoms with Crippen molar-refractivity contribution in [2.45, 2.75) is 0 Å². The number of nitrogens with zero attached hydrogens (tertiary/aromatic N) is 3. The van der Waals surface area contributed by atoms with Gasteiger partial charge in [0.05, 0.1) is 34.0 Å². The molecule has 0 aliphatic carbocycles. The van der Waals surface area contributed by atoms with E-state index in [1.807, 2.05) is 12.1 Å². The molecule has 1 aliphatic rings. The number of benzene rings is 2. The summed E-state index contributed by atoms with van der Waals surface area (Å²) in [5.41, 5.74) is 1.01. The number of carbonyl (C=O) groups is 1. The van der Waals surface area contributed by atoms with Gasteiger partial charge in [-0.2, -0.15) is 0 Å². The van der Waals surface area contributed by atoms with E-state index in [1.165, 1.54) is 23.5 Å². The van der Waals surface area contributed by atoms with Gasteiger partial charge in [0.1, 0.15) is 5.82 Å². The molecular formula is C20H19Cl3FN3O2S. The molecule has 0 bridgehead atoms. The molecule has 1 fully saturated rings. The second-order valence-corrected chi connectivity index (χ2v) is 8.50. The number of rotatable bonds is 5. The summed E-state index contributed by atoms with van der Waals surface area (Å²) in [5, 5.41) is 1.25. The molecular weight excluding hydrogens is 472 g/mol. The lowest BCUT2D eigenvalue weighted by Gasteiger charge is -2.29. The third-order valence-corrected chi connectivity index (χ3v) is 6.31. The third-order valence-electron chi connectivity index (χ3n) is 4.72. The van der Waals surface area contributed by atoms with Crippen LogP contribution in [-0.2, 0) is 4.74 Å². The Kier molecular flexibility index (Phi) is 7.90. The summed E-state index contributed by atoms with van der Waals surface area (Å²) in [6.07, 6.45) is 0. The third kappa shape index (κ3) is 5.22. The van der Waals surface area contributed by atoms with E-state index in [-0.39, 0.29) is 28.9 Å². The van der Waals surface area contributed by atoms with Crippen LogP contribution in [0, 0.1) is 5.82 Å². The highest BCUT2D eigenvalue weighted by Crippen LogP contribution is 2.32. The maximum absolute atomic E-state index is 13.5. The molecule has 1 saturated heterocycles. The summed E-state index contributed by atoms with van der Waals surface area (Å²) in [5.74, 6) is -0.797. The molecule has 0 atom stereocenters. The first-order chi connectivity index (χ1) is 14.0. The van der Waals surface area contributed by atoms with Crippen molar-refractivity contribution < 1.29 is 13.9 Å². The van der Waals surface area contributed by atoms with Gasteiger partial charge >= 0.3 is 0 Å². The number of ether oxygens (including phenoxy) is 1.